The molecule has 3 rings (SSSR count). The van der Waals surface area contributed by atoms with Crippen molar-refractivity contribution in [2.45, 2.75) is 37.6 Å². The van der Waals surface area contributed by atoms with E-state index in [2.05, 4.69) is 5.32 Å². The smallest absolute Gasteiger partial charge is 0.268 e. The van der Waals surface area contributed by atoms with Crippen LogP contribution in [0.1, 0.15) is 40.9 Å². The van der Waals surface area contributed by atoms with Gasteiger partial charge in [0.15, 0.2) is 0 Å². The molecular weight excluding hydrogens is 350 g/mol. The number of carbonyl (C=O) groups is 1. The summed E-state index contributed by atoms with van der Waals surface area (Å²) in [6.07, 6.45) is 4.35. The van der Waals surface area contributed by atoms with Gasteiger partial charge in [0.2, 0.25) is 10.0 Å². The number of amides is 1. The topological polar surface area (TPSA) is 71.4 Å². The predicted octanol–water partition coefficient (Wildman–Crippen LogP) is 2.44. The Balaban J connectivity index is 1.72. The first-order valence-corrected chi connectivity index (χ1v) is 10.3. The summed E-state index contributed by atoms with van der Waals surface area (Å²) < 4.78 is 28.6. The molecule has 0 saturated carbocycles. The number of sulfonamides is 1. The van der Waals surface area contributed by atoms with Crippen LogP contribution in [0, 0.1) is 6.92 Å². The van der Waals surface area contributed by atoms with E-state index in [1.54, 1.807) is 11.6 Å². The third-order valence-electron chi connectivity index (χ3n) is 4.74. The van der Waals surface area contributed by atoms with Crippen molar-refractivity contribution in [3.8, 4) is 0 Å². The Bertz CT molecular complexity index is 879. The van der Waals surface area contributed by atoms with E-state index in [9.17, 15) is 13.2 Å². The zero-order valence-electron chi connectivity index (χ0n) is 15.2. The minimum absolute atomic E-state index is 0.183. The van der Waals surface area contributed by atoms with Crippen LogP contribution in [0.4, 0.5) is 0 Å². The molecule has 2 heterocycles. The minimum Gasteiger partial charge on any atom is -0.347 e. The van der Waals surface area contributed by atoms with Gasteiger partial charge in [0.05, 0.1) is 0 Å². The maximum absolute atomic E-state index is 12.8. The Labute approximate surface area is 154 Å². The molecule has 1 aromatic heterocycles. The molecule has 0 spiro atoms. The van der Waals surface area contributed by atoms with Gasteiger partial charge in [-0.25, -0.2) is 8.42 Å². The van der Waals surface area contributed by atoms with E-state index in [1.807, 2.05) is 31.2 Å². The van der Waals surface area contributed by atoms with Crippen molar-refractivity contribution in [1.29, 1.82) is 0 Å². The molecule has 26 heavy (non-hydrogen) atoms. The molecule has 0 atom stereocenters. The van der Waals surface area contributed by atoms with E-state index in [1.165, 1.54) is 16.6 Å². The van der Waals surface area contributed by atoms with Crippen LogP contribution in [0.2, 0.25) is 0 Å². The number of benzene rings is 1. The van der Waals surface area contributed by atoms with Gasteiger partial charge in [-0.15, -0.1) is 0 Å². The Morgan fingerprint density at radius 2 is 1.77 bits per heavy atom. The Hall–Kier alpha value is -2.12. The molecule has 0 unspecified atom stereocenters. The van der Waals surface area contributed by atoms with Crippen LogP contribution in [-0.2, 0) is 23.6 Å². The highest BCUT2D eigenvalue weighted by Crippen LogP contribution is 2.22. The Kier molecular flexibility index (Phi) is 5.48. The number of piperidine rings is 1. The molecule has 1 aliphatic rings. The monoisotopic (exact) mass is 375 g/mol. The number of aromatic nitrogens is 1. The lowest BCUT2D eigenvalue weighted by atomic mass is 10.1. The standard InChI is InChI=1S/C19H25N3O3S/c1-15-6-8-16(9-7-15)13-20-19(23)18-12-17(14-21(18)2)26(24,25)22-10-4-3-5-11-22/h6-9,12,14H,3-5,10-11,13H2,1-2H3,(H,20,23). The first kappa shape index (κ1) is 18.7. The van der Waals surface area contributed by atoms with Gasteiger partial charge in [0.1, 0.15) is 10.6 Å². The van der Waals surface area contributed by atoms with Crippen molar-refractivity contribution in [3.05, 3.63) is 53.3 Å². The summed E-state index contributed by atoms with van der Waals surface area (Å²) in [4.78, 5) is 12.7. The number of rotatable bonds is 5. The average Bonchev–Trinajstić information content (AvgIpc) is 3.04. The molecule has 1 amide bonds. The fourth-order valence-corrected chi connectivity index (χ4v) is 4.72. The second kappa shape index (κ2) is 7.63. The van der Waals surface area contributed by atoms with E-state index in [0.717, 1.165) is 30.4 Å². The molecule has 1 aliphatic heterocycles. The second-order valence-electron chi connectivity index (χ2n) is 6.80. The highest BCUT2D eigenvalue weighted by molar-refractivity contribution is 7.89. The van der Waals surface area contributed by atoms with Crippen molar-refractivity contribution in [2.24, 2.45) is 7.05 Å². The molecule has 0 radical (unpaired) electrons. The van der Waals surface area contributed by atoms with Gasteiger partial charge in [0, 0.05) is 32.9 Å². The van der Waals surface area contributed by atoms with E-state index in [0.29, 0.717) is 25.3 Å². The highest BCUT2D eigenvalue weighted by atomic mass is 32.2. The lowest BCUT2D eigenvalue weighted by molar-refractivity contribution is 0.0943. The lowest BCUT2D eigenvalue weighted by Gasteiger charge is -2.25. The maximum atomic E-state index is 12.8. The molecule has 140 valence electrons. The molecule has 0 bridgehead atoms. The largest absolute Gasteiger partial charge is 0.347 e. The molecule has 7 heteroatoms. The third-order valence-corrected chi connectivity index (χ3v) is 6.60. The average molecular weight is 375 g/mol. The Morgan fingerprint density at radius 1 is 1.12 bits per heavy atom. The van der Waals surface area contributed by atoms with Crippen LogP contribution in [0.5, 0.6) is 0 Å². The molecule has 1 aromatic carbocycles. The fourth-order valence-electron chi connectivity index (χ4n) is 3.13. The summed E-state index contributed by atoms with van der Waals surface area (Å²) in [5.41, 5.74) is 2.50. The SMILES string of the molecule is Cc1ccc(CNC(=O)c2cc(S(=O)(=O)N3CCCCC3)cn2C)cc1. The second-order valence-corrected chi connectivity index (χ2v) is 8.74. The normalized spacial score (nSPS) is 15.8. The minimum atomic E-state index is -3.54. The lowest BCUT2D eigenvalue weighted by Crippen LogP contribution is -2.35. The number of hydrogen-bond donors (Lipinski definition) is 1. The predicted molar refractivity (Wildman–Crippen MR) is 100 cm³/mol. The van der Waals surface area contributed by atoms with Crippen LogP contribution < -0.4 is 5.32 Å². The number of nitrogens with one attached hydrogen (secondary N) is 1. The summed E-state index contributed by atoms with van der Waals surface area (Å²) in [6.45, 7) is 3.51. The molecule has 1 fully saturated rings. The van der Waals surface area contributed by atoms with Gasteiger partial charge >= 0.3 is 0 Å². The van der Waals surface area contributed by atoms with Crippen molar-refractivity contribution in [3.63, 3.8) is 0 Å². The quantitative estimate of drug-likeness (QED) is 0.872. The van der Waals surface area contributed by atoms with E-state index >= 15 is 0 Å². The molecular formula is C19H25N3O3S. The van der Waals surface area contributed by atoms with Gasteiger partial charge in [-0.3, -0.25) is 4.79 Å². The summed E-state index contributed by atoms with van der Waals surface area (Å²) in [5.74, 6) is -0.284. The summed E-state index contributed by atoms with van der Waals surface area (Å²) in [5, 5.41) is 2.85. The number of carbonyl (C=O) groups excluding carboxylic acids is 1. The first-order chi connectivity index (χ1) is 12.4. The maximum Gasteiger partial charge on any atom is 0.268 e. The molecule has 1 saturated heterocycles. The van der Waals surface area contributed by atoms with Crippen LogP contribution >= 0.6 is 0 Å². The van der Waals surface area contributed by atoms with Crippen molar-refractivity contribution >= 4 is 15.9 Å². The molecule has 0 aliphatic carbocycles. The van der Waals surface area contributed by atoms with Crippen molar-refractivity contribution in [1.82, 2.24) is 14.2 Å². The summed E-state index contributed by atoms with van der Waals surface area (Å²) >= 11 is 0. The van der Waals surface area contributed by atoms with E-state index in [-0.39, 0.29) is 10.8 Å². The van der Waals surface area contributed by atoms with E-state index < -0.39 is 10.0 Å². The van der Waals surface area contributed by atoms with Gasteiger partial charge in [0.25, 0.3) is 5.91 Å². The van der Waals surface area contributed by atoms with Crippen molar-refractivity contribution < 1.29 is 13.2 Å². The number of nitrogens with zero attached hydrogens (tertiary/aromatic N) is 2. The van der Waals surface area contributed by atoms with Crippen LogP contribution in [-0.4, -0.2) is 36.3 Å². The van der Waals surface area contributed by atoms with Crippen LogP contribution in [0.3, 0.4) is 0 Å². The van der Waals surface area contributed by atoms with Crippen LogP contribution in [0.25, 0.3) is 0 Å². The first-order valence-electron chi connectivity index (χ1n) is 8.88. The summed E-state index contributed by atoms with van der Waals surface area (Å²) in [6, 6.07) is 9.38. The van der Waals surface area contributed by atoms with Gasteiger partial charge in [-0.1, -0.05) is 36.2 Å². The van der Waals surface area contributed by atoms with Gasteiger partial charge < -0.3 is 9.88 Å². The fraction of sp³-hybridized carbons (Fsp3) is 0.421. The van der Waals surface area contributed by atoms with Crippen molar-refractivity contribution in [2.75, 3.05) is 13.1 Å². The highest BCUT2D eigenvalue weighted by Gasteiger charge is 2.28. The van der Waals surface area contributed by atoms with Gasteiger partial charge in [-0.2, -0.15) is 4.31 Å². The Morgan fingerprint density at radius 3 is 2.42 bits per heavy atom. The summed E-state index contributed by atoms with van der Waals surface area (Å²) in [7, 11) is -1.85. The molecule has 6 nitrogen and oxygen atoms in total. The zero-order chi connectivity index (χ0) is 18.7. The molecule has 2 aromatic rings. The third kappa shape index (κ3) is 3.99. The van der Waals surface area contributed by atoms with Gasteiger partial charge in [-0.05, 0) is 31.4 Å². The zero-order valence-corrected chi connectivity index (χ0v) is 16.1. The number of aryl methyl sites for hydroxylation is 2. The van der Waals surface area contributed by atoms with Crippen LogP contribution in [0.15, 0.2) is 41.4 Å². The number of hydrogen-bond acceptors (Lipinski definition) is 3. The molecule has 1 N–H and O–H groups in total. The van der Waals surface area contributed by atoms with E-state index in [4.69, 9.17) is 0 Å².